The van der Waals surface area contributed by atoms with Crippen LogP contribution in [0, 0.1) is 5.92 Å². The molecule has 1 saturated carbocycles. The van der Waals surface area contributed by atoms with Gasteiger partial charge in [-0.05, 0) is 44.2 Å². The summed E-state index contributed by atoms with van der Waals surface area (Å²) in [4.78, 5) is 11.8. The number of benzene rings is 1. The lowest BCUT2D eigenvalue weighted by Gasteiger charge is -2.26. The van der Waals surface area contributed by atoms with Gasteiger partial charge in [0.1, 0.15) is 11.9 Å². The van der Waals surface area contributed by atoms with E-state index in [1.165, 1.54) is 0 Å². The van der Waals surface area contributed by atoms with E-state index in [1.807, 2.05) is 37.3 Å². The Bertz CT molecular complexity index is 452. The standard InChI is InChI=1S/C17H26N2O3/c1-13(22-16-8-3-2-4-9-16)11-18-17(21)19-12-14-6-5-7-15(20)10-14/h2-4,8-9,13-15,20H,5-7,10-12H2,1H3,(H2,18,19,21). The van der Waals surface area contributed by atoms with Crippen LogP contribution in [0.15, 0.2) is 30.3 Å². The van der Waals surface area contributed by atoms with Crippen LogP contribution >= 0.6 is 0 Å². The van der Waals surface area contributed by atoms with Crippen molar-refractivity contribution in [1.29, 1.82) is 0 Å². The summed E-state index contributed by atoms with van der Waals surface area (Å²) in [6.07, 6.45) is 3.49. The van der Waals surface area contributed by atoms with Crippen molar-refractivity contribution in [3.8, 4) is 5.75 Å². The second-order valence-corrected chi connectivity index (χ2v) is 6.02. The Hall–Kier alpha value is -1.75. The Kier molecular flexibility index (Phi) is 6.52. The van der Waals surface area contributed by atoms with Gasteiger partial charge in [-0.2, -0.15) is 0 Å². The summed E-state index contributed by atoms with van der Waals surface area (Å²) in [5.74, 6) is 1.18. The van der Waals surface area contributed by atoms with Crippen LogP contribution in [0.5, 0.6) is 5.75 Å². The van der Waals surface area contributed by atoms with Gasteiger partial charge in [0.05, 0.1) is 12.6 Å². The lowest BCUT2D eigenvalue weighted by molar-refractivity contribution is 0.101. The zero-order valence-electron chi connectivity index (χ0n) is 13.1. The van der Waals surface area contributed by atoms with Crippen LogP contribution in [0.1, 0.15) is 32.6 Å². The predicted molar refractivity (Wildman–Crippen MR) is 85.9 cm³/mol. The van der Waals surface area contributed by atoms with Gasteiger partial charge < -0.3 is 20.5 Å². The molecule has 0 saturated heterocycles. The Labute approximate surface area is 132 Å². The van der Waals surface area contributed by atoms with Gasteiger partial charge in [-0.1, -0.05) is 24.6 Å². The van der Waals surface area contributed by atoms with Crippen molar-refractivity contribution in [2.45, 2.75) is 44.8 Å². The zero-order valence-corrected chi connectivity index (χ0v) is 13.1. The van der Waals surface area contributed by atoms with Crippen molar-refractivity contribution in [3.63, 3.8) is 0 Å². The first-order valence-corrected chi connectivity index (χ1v) is 8.05. The van der Waals surface area contributed by atoms with Gasteiger partial charge in [-0.25, -0.2) is 4.79 Å². The number of aliphatic hydroxyl groups excluding tert-OH is 1. The summed E-state index contributed by atoms with van der Waals surface area (Å²) in [5, 5.41) is 15.3. The lowest BCUT2D eigenvalue weighted by atomic mass is 9.87. The summed E-state index contributed by atoms with van der Waals surface area (Å²) in [6, 6.07) is 9.38. The number of hydrogen-bond donors (Lipinski definition) is 3. The van der Waals surface area contributed by atoms with Crippen LogP contribution in [-0.2, 0) is 0 Å². The van der Waals surface area contributed by atoms with Gasteiger partial charge in [-0.3, -0.25) is 0 Å². The second-order valence-electron chi connectivity index (χ2n) is 6.02. The molecule has 0 heterocycles. The minimum atomic E-state index is -0.206. The fourth-order valence-corrected chi connectivity index (χ4v) is 2.76. The van der Waals surface area contributed by atoms with Crippen molar-refractivity contribution in [3.05, 3.63) is 30.3 Å². The molecule has 0 aliphatic heterocycles. The molecule has 3 unspecified atom stereocenters. The van der Waals surface area contributed by atoms with Gasteiger partial charge >= 0.3 is 6.03 Å². The smallest absolute Gasteiger partial charge is 0.314 e. The van der Waals surface area contributed by atoms with E-state index in [2.05, 4.69) is 10.6 Å². The molecule has 1 aliphatic rings. The average molecular weight is 306 g/mol. The molecule has 1 aromatic rings. The third-order valence-electron chi connectivity index (χ3n) is 3.94. The van der Waals surface area contributed by atoms with Crippen molar-refractivity contribution < 1.29 is 14.6 Å². The van der Waals surface area contributed by atoms with Crippen LogP contribution < -0.4 is 15.4 Å². The first kappa shape index (κ1) is 16.6. The predicted octanol–water partition coefficient (Wildman–Crippen LogP) is 2.30. The van der Waals surface area contributed by atoms with Crippen molar-refractivity contribution in [2.75, 3.05) is 13.1 Å². The van der Waals surface area contributed by atoms with Gasteiger partial charge in [0.25, 0.3) is 0 Å². The molecular formula is C17H26N2O3. The molecule has 1 aliphatic carbocycles. The van der Waals surface area contributed by atoms with E-state index in [1.54, 1.807) is 0 Å². The minimum absolute atomic E-state index is 0.0929. The average Bonchev–Trinajstić information content (AvgIpc) is 2.52. The minimum Gasteiger partial charge on any atom is -0.489 e. The fraction of sp³-hybridized carbons (Fsp3) is 0.588. The molecular weight excluding hydrogens is 280 g/mol. The van der Waals surface area contributed by atoms with Crippen LogP contribution in [0.3, 0.4) is 0 Å². The molecule has 5 nitrogen and oxygen atoms in total. The summed E-state index contributed by atoms with van der Waals surface area (Å²) in [6.45, 7) is 3.00. The molecule has 1 fully saturated rings. The molecule has 22 heavy (non-hydrogen) atoms. The molecule has 122 valence electrons. The van der Waals surface area contributed by atoms with E-state index < -0.39 is 0 Å². The van der Waals surface area contributed by atoms with Crippen LogP contribution in [0.25, 0.3) is 0 Å². The summed E-state index contributed by atoms with van der Waals surface area (Å²) in [5.41, 5.74) is 0. The number of para-hydroxylation sites is 1. The molecule has 5 heteroatoms. The second kappa shape index (κ2) is 8.63. The Morgan fingerprint density at radius 3 is 2.82 bits per heavy atom. The largest absolute Gasteiger partial charge is 0.489 e. The maximum Gasteiger partial charge on any atom is 0.314 e. The fourth-order valence-electron chi connectivity index (χ4n) is 2.76. The van der Waals surface area contributed by atoms with Crippen molar-refractivity contribution in [1.82, 2.24) is 10.6 Å². The van der Waals surface area contributed by atoms with E-state index in [0.29, 0.717) is 19.0 Å². The Morgan fingerprint density at radius 1 is 1.32 bits per heavy atom. The number of nitrogens with one attached hydrogen (secondary N) is 2. The molecule has 0 bridgehead atoms. The Balaban J connectivity index is 1.60. The number of ether oxygens (including phenoxy) is 1. The molecule has 0 radical (unpaired) electrons. The molecule has 1 aromatic carbocycles. The monoisotopic (exact) mass is 306 g/mol. The zero-order chi connectivity index (χ0) is 15.8. The first-order chi connectivity index (χ1) is 10.6. The molecule has 2 amide bonds. The molecule has 3 atom stereocenters. The van der Waals surface area contributed by atoms with E-state index in [-0.39, 0.29) is 18.2 Å². The van der Waals surface area contributed by atoms with Crippen molar-refractivity contribution in [2.24, 2.45) is 5.92 Å². The third-order valence-corrected chi connectivity index (χ3v) is 3.94. The van der Waals surface area contributed by atoms with Crippen LogP contribution in [0.4, 0.5) is 4.79 Å². The van der Waals surface area contributed by atoms with Crippen LogP contribution in [-0.4, -0.2) is 36.4 Å². The SMILES string of the molecule is CC(CNC(=O)NCC1CCCC(O)C1)Oc1ccccc1. The number of aliphatic hydroxyl groups is 1. The summed E-state index contributed by atoms with van der Waals surface area (Å²) < 4.78 is 5.70. The summed E-state index contributed by atoms with van der Waals surface area (Å²) in [7, 11) is 0. The molecule has 2 rings (SSSR count). The quantitative estimate of drug-likeness (QED) is 0.755. The van der Waals surface area contributed by atoms with E-state index in [9.17, 15) is 9.90 Å². The molecule has 0 aromatic heterocycles. The number of rotatable bonds is 6. The topological polar surface area (TPSA) is 70.6 Å². The van der Waals surface area contributed by atoms with E-state index in [0.717, 1.165) is 31.4 Å². The van der Waals surface area contributed by atoms with Crippen molar-refractivity contribution >= 4 is 6.03 Å². The van der Waals surface area contributed by atoms with Gasteiger partial charge in [0, 0.05) is 6.54 Å². The highest BCUT2D eigenvalue weighted by atomic mass is 16.5. The number of hydrogen-bond acceptors (Lipinski definition) is 3. The van der Waals surface area contributed by atoms with E-state index >= 15 is 0 Å². The maximum absolute atomic E-state index is 11.8. The highest BCUT2D eigenvalue weighted by Crippen LogP contribution is 2.23. The van der Waals surface area contributed by atoms with Gasteiger partial charge in [0.2, 0.25) is 0 Å². The highest BCUT2D eigenvalue weighted by Gasteiger charge is 2.20. The van der Waals surface area contributed by atoms with E-state index in [4.69, 9.17) is 4.74 Å². The third kappa shape index (κ3) is 5.93. The molecule has 3 N–H and O–H groups in total. The number of carbonyl (C=O) groups is 1. The first-order valence-electron chi connectivity index (χ1n) is 8.05. The number of urea groups is 1. The van der Waals surface area contributed by atoms with Gasteiger partial charge in [-0.15, -0.1) is 0 Å². The number of carbonyl (C=O) groups excluding carboxylic acids is 1. The maximum atomic E-state index is 11.8. The Morgan fingerprint density at radius 2 is 2.09 bits per heavy atom. The highest BCUT2D eigenvalue weighted by molar-refractivity contribution is 5.73. The molecule has 0 spiro atoms. The summed E-state index contributed by atoms with van der Waals surface area (Å²) >= 11 is 0. The van der Waals surface area contributed by atoms with Gasteiger partial charge in [0.15, 0.2) is 0 Å². The van der Waals surface area contributed by atoms with Crippen LogP contribution in [0.2, 0.25) is 0 Å². The number of amides is 2. The normalized spacial score (nSPS) is 22.6. The lowest BCUT2D eigenvalue weighted by Crippen LogP contribution is -2.42.